The third kappa shape index (κ3) is 3.37. The molecule has 1 heterocycles. The molecule has 7 heteroatoms. The summed E-state index contributed by atoms with van der Waals surface area (Å²) in [5, 5.41) is -0.784. The zero-order chi connectivity index (χ0) is 11.5. The van der Waals surface area contributed by atoms with Crippen molar-refractivity contribution in [3.05, 3.63) is 0 Å². The third-order valence-electron chi connectivity index (χ3n) is 2.32. The number of nitrogens with one attached hydrogen (secondary N) is 1. The number of rotatable bonds is 5. The first-order valence-corrected chi connectivity index (χ1v) is 6.81. The number of ether oxygens (including phenoxy) is 1. The zero-order valence-electron chi connectivity index (χ0n) is 8.60. The Bertz CT molecular complexity index is 323. The van der Waals surface area contributed by atoms with E-state index in [4.69, 9.17) is 22.7 Å². The van der Waals surface area contributed by atoms with Crippen LogP contribution in [0, 0.1) is 0 Å². The van der Waals surface area contributed by atoms with E-state index in [0.29, 0.717) is 26.1 Å². The van der Waals surface area contributed by atoms with Gasteiger partial charge in [0.1, 0.15) is 5.25 Å². The maximum absolute atomic E-state index is 11.8. The first kappa shape index (κ1) is 12.8. The van der Waals surface area contributed by atoms with Gasteiger partial charge in [-0.2, -0.15) is 0 Å². The Kier molecular flexibility index (Phi) is 4.45. The predicted octanol–water partition coefficient (Wildman–Crippen LogP) is -0.241. The number of hydrogen-bond acceptors (Lipinski definition) is 4. The molecule has 0 saturated carbocycles. The van der Waals surface area contributed by atoms with Gasteiger partial charge in [-0.1, -0.05) is 19.1 Å². The van der Waals surface area contributed by atoms with Gasteiger partial charge in [0.25, 0.3) is 0 Å². The van der Waals surface area contributed by atoms with Crippen LogP contribution < -0.4 is 10.5 Å². The van der Waals surface area contributed by atoms with E-state index < -0.39 is 15.3 Å². The minimum absolute atomic E-state index is 0.0175. The highest BCUT2D eigenvalue weighted by atomic mass is 32.2. The monoisotopic (exact) mass is 252 g/mol. The molecule has 1 rings (SSSR count). The molecular formula is C8H16N2O3S2. The maximum Gasteiger partial charge on any atom is 0.221 e. The summed E-state index contributed by atoms with van der Waals surface area (Å²) in [6.07, 6.45) is 1.09. The van der Waals surface area contributed by atoms with Crippen LogP contribution in [0.4, 0.5) is 0 Å². The van der Waals surface area contributed by atoms with E-state index in [1.807, 2.05) is 0 Å². The Balaban J connectivity index is 2.67. The predicted molar refractivity (Wildman–Crippen MR) is 62.1 cm³/mol. The quantitative estimate of drug-likeness (QED) is 0.660. The zero-order valence-corrected chi connectivity index (χ0v) is 10.2. The highest BCUT2D eigenvalue weighted by Crippen LogP contribution is 2.10. The molecule has 1 fully saturated rings. The molecule has 3 N–H and O–H groups in total. The van der Waals surface area contributed by atoms with Crippen molar-refractivity contribution in [1.82, 2.24) is 4.72 Å². The van der Waals surface area contributed by atoms with Crippen molar-refractivity contribution < 1.29 is 13.2 Å². The molecule has 0 radical (unpaired) electrons. The van der Waals surface area contributed by atoms with E-state index >= 15 is 0 Å². The van der Waals surface area contributed by atoms with Gasteiger partial charge < -0.3 is 10.5 Å². The molecule has 0 amide bonds. The molecule has 15 heavy (non-hydrogen) atoms. The highest BCUT2D eigenvalue weighted by Gasteiger charge is 2.30. The van der Waals surface area contributed by atoms with Crippen molar-refractivity contribution in [2.24, 2.45) is 5.73 Å². The van der Waals surface area contributed by atoms with E-state index in [1.54, 1.807) is 6.92 Å². The Morgan fingerprint density at radius 3 is 2.80 bits per heavy atom. The second-order valence-electron chi connectivity index (χ2n) is 3.52. The van der Waals surface area contributed by atoms with E-state index in [9.17, 15) is 8.42 Å². The van der Waals surface area contributed by atoms with Crippen molar-refractivity contribution in [3.63, 3.8) is 0 Å². The fraction of sp³-hybridized carbons (Fsp3) is 0.875. The van der Waals surface area contributed by atoms with Crippen LogP contribution in [0.1, 0.15) is 19.8 Å². The van der Waals surface area contributed by atoms with E-state index in [1.165, 1.54) is 0 Å². The van der Waals surface area contributed by atoms with Gasteiger partial charge in [-0.25, -0.2) is 13.1 Å². The second kappa shape index (κ2) is 5.20. The van der Waals surface area contributed by atoms with E-state index in [-0.39, 0.29) is 11.0 Å². The summed E-state index contributed by atoms with van der Waals surface area (Å²) >= 11 is 4.73. The van der Waals surface area contributed by atoms with Crippen LogP contribution in [0.3, 0.4) is 0 Å². The van der Waals surface area contributed by atoms with Gasteiger partial charge in [0.15, 0.2) is 0 Å². The lowest BCUT2D eigenvalue weighted by Gasteiger charge is -2.17. The average Bonchev–Trinajstić information content (AvgIpc) is 2.55. The summed E-state index contributed by atoms with van der Waals surface area (Å²) < 4.78 is 31.3. The van der Waals surface area contributed by atoms with Crippen LogP contribution in [0.25, 0.3) is 0 Å². The molecule has 1 saturated heterocycles. The van der Waals surface area contributed by atoms with E-state index in [2.05, 4.69) is 4.72 Å². The second-order valence-corrected chi connectivity index (χ2v) is 5.89. The molecule has 0 aromatic rings. The molecule has 5 nitrogen and oxygen atoms in total. The largest absolute Gasteiger partial charge is 0.392 e. The van der Waals surface area contributed by atoms with Gasteiger partial charge in [0.2, 0.25) is 10.0 Å². The lowest BCUT2D eigenvalue weighted by Crippen LogP contribution is -2.45. The van der Waals surface area contributed by atoms with Crippen molar-refractivity contribution in [1.29, 1.82) is 0 Å². The number of hydrogen-bond donors (Lipinski definition) is 2. The molecule has 0 aromatic carbocycles. The summed E-state index contributed by atoms with van der Waals surface area (Å²) in [5.41, 5.74) is 5.39. The first-order chi connectivity index (χ1) is 6.97. The Morgan fingerprint density at radius 2 is 2.40 bits per heavy atom. The highest BCUT2D eigenvalue weighted by molar-refractivity contribution is 7.93. The molecular weight excluding hydrogens is 236 g/mol. The number of sulfonamides is 1. The molecule has 0 bridgehead atoms. The molecule has 1 aliphatic heterocycles. The Morgan fingerprint density at radius 1 is 1.73 bits per heavy atom. The fourth-order valence-corrected chi connectivity index (χ4v) is 3.62. The van der Waals surface area contributed by atoms with Crippen molar-refractivity contribution >= 4 is 27.2 Å². The normalized spacial score (nSPS) is 23.9. The van der Waals surface area contributed by atoms with Gasteiger partial charge in [0.05, 0.1) is 11.6 Å². The molecule has 2 atom stereocenters. The molecule has 88 valence electrons. The summed E-state index contributed by atoms with van der Waals surface area (Å²) in [5.74, 6) is 0. The summed E-state index contributed by atoms with van der Waals surface area (Å²) in [6, 6.07) is -0.140. The molecule has 0 aromatic heterocycles. The molecule has 0 spiro atoms. The number of nitrogens with two attached hydrogens (primary N) is 1. The Hall–Kier alpha value is -0.240. The first-order valence-electron chi connectivity index (χ1n) is 4.85. The lowest BCUT2D eigenvalue weighted by atomic mass is 10.3. The minimum Gasteiger partial charge on any atom is -0.392 e. The minimum atomic E-state index is -3.45. The lowest BCUT2D eigenvalue weighted by molar-refractivity contribution is 0.192. The van der Waals surface area contributed by atoms with Crippen molar-refractivity contribution in [2.45, 2.75) is 31.1 Å². The van der Waals surface area contributed by atoms with Crippen LogP contribution >= 0.6 is 12.2 Å². The fourth-order valence-electron chi connectivity index (χ4n) is 1.52. The standard InChI is InChI=1S/C8H16N2O3S2/c1-2-7(8(9)14)15(11,12)10-6-3-4-13-5-6/h6-7,10H,2-5H2,1H3,(H2,9,14). The van der Waals surface area contributed by atoms with Crippen LogP contribution in [-0.4, -0.2) is 37.9 Å². The third-order valence-corrected chi connectivity index (χ3v) is 4.76. The smallest absolute Gasteiger partial charge is 0.221 e. The Labute approximate surface area is 95.4 Å². The molecule has 0 aliphatic carbocycles. The van der Waals surface area contributed by atoms with Gasteiger partial charge >= 0.3 is 0 Å². The number of thiocarbonyl (C=S) groups is 1. The van der Waals surface area contributed by atoms with E-state index in [0.717, 1.165) is 0 Å². The summed E-state index contributed by atoms with van der Waals surface area (Å²) in [6.45, 7) is 2.76. The average molecular weight is 252 g/mol. The van der Waals surface area contributed by atoms with Crippen LogP contribution in [0.15, 0.2) is 0 Å². The van der Waals surface area contributed by atoms with Gasteiger partial charge in [-0.3, -0.25) is 0 Å². The van der Waals surface area contributed by atoms with Gasteiger partial charge in [-0.15, -0.1) is 0 Å². The van der Waals surface area contributed by atoms with Crippen molar-refractivity contribution in [2.75, 3.05) is 13.2 Å². The SMILES string of the molecule is CCC(C(N)=S)S(=O)(=O)NC1CCOC1. The van der Waals surface area contributed by atoms with Crippen LogP contribution in [-0.2, 0) is 14.8 Å². The van der Waals surface area contributed by atoms with Gasteiger partial charge in [-0.05, 0) is 12.8 Å². The molecule has 2 unspecified atom stereocenters. The maximum atomic E-state index is 11.8. The van der Waals surface area contributed by atoms with Crippen LogP contribution in [0.2, 0.25) is 0 Å². The van der Waals surface area contributed by atoms with Crippen LogP contribution in [0.5, 0.6) is 0 Å². The van der Waals surface area contributed by atoms with Crippen molar-refractivity contribution in [3.8, 4) is 0 Å². The molecule has 1 aliphatic rings. The summed E-state index contributed by atoms with van der Waals surface area (Å²) in [7, 11) is -3.45. The topological polar surface area (TPSA) is 81.4 Å². The summed E-state index contributed by atoms with van der Waals surface area (Å²) in [4.78, 5) is 0.0175. The van der Waals surface area contributed by atoms with Gasteiger partial charge in [0, 0.05) is 12.6 Å².